The van der Waals surface area contributed by atoms with E-state index in [1.165, 1.54) is 0 Å². The van der Waals surface area contributed by atoms with Crippen molar-refractivity contribution in [1.29, 1.82) is 0 Å². The molecule has 2 heterocycles. The summed E-state index contributed by atoms with van der Waals surface area (Å²) in [6.07, 6.45) is 1.63. The fraction of sp³-hybridized carbons (Fsp3) is 0.733. The van der Waals surface area contributed by atoms with E-state index in [0.29, 0.717) is 12.6 Å². The minimum Gasteiger partial charge on any atom is -0.444 e. The van der Waals surface area contributed by atoms with Gasteiger partial charge in [-0.3, -0.25) is 4.90 Å². The molecule has 0 saturated carbocycles. The average Bonchev–Trinajstić information content (AvgIpc) is 2.89. The molecule has 1 fully saturated rings. The van der Waals surface area contributed by atoms with Crippen LogP contribution in [0.3, 0.4) is 0 Å². The van der Waals surface area contributed by atoms with Gasteiger partial charge in [0, 0.05) is 37.3 Å². The van der Waals surface area contributed by atoms with Crippen LogP contribution in [0.25, 0.3) is 0 Å². The number of hydrogen-bond donors (Lipinski definition) is 0. The van der Waals surface area contributed by atoms with E-state index in [9.17, 15) is 4.79 Å². The van der Waals surface area contributed by atoms with E-state index in [-0.39, 0.29) is 12.1 Å². The topological polar surface area (TPSA) is 45.7 Å². The number of nitrogens with zero attached hydrogens (tertiary/aromatic N) is 3. The molecule has 0 bridgehead atoms. The number of thiazole rings is 1. The van der Waals surface area contributed by atoms with E-state index >= 15 is 0 Å². The molecule has 21 heavy (non-hydrogen) atoms. The Bertz CT molecular complexity index is 470. The minimum atomic E-state index is -0.442. The van der Waals surface area contributed by atoms with Crippen molar-refractivity contribution in [3.05, 3.63) is 16.6 Å². The summed E-state index contributed by atoms with van der Waals surface area (Å²) >= 11 is 1.68. The molecule has 1 aromatic heterocycles. The molecule has 5 nitrogen and oxygen atoms in total. The molecule has 0 aliphatic carbocycles. The highest BCUT2D eigenvalue weighted by molar-refractivity contribution is 7.09. The molecule has 2 rings (SSSR count). The number of aromatic nitrogens is 1. The average molecular weight is 311 g/mol. The molecule has 1 amide bonds. The van der Waals surface area contributed by atoms with Crippen LogP contribution in [-0.4, -0.2) is 52.2 Å². The molecular formula is C15H25N3O2S. The molecule has 1 saturated heterocycles. The molecule has 6 heteroatoms. The zero-order chi connectivity index (χ0) is 15.6. The van der Waals surface area contributed by atoms with E-state index in [1.807, 2.05) is 37.2 Å². The number of piperazine rings is 1. The van der Waals surface area contributed by atoms with Crippen molar-refractivity contribution in [2.45, 2.75) is 52.3 Å². The highest BCUT2D eigenvalue weighted by Gasteiger charge is 2.33. The molecule has 0 radical (unpaired) electrons. The van der Waals surface area contributed by atoms with Gasteiger partial charge in [-0.05, 0) is 34.6 Å². The van der Waals surface area contributed by atoms with Gasteiger partial charge in [-0.2, -0.15) is 0 Å². The molecule has 1 aromatic rings. The Morgan fingerprint density at radius 1 is 1.48 bits per heavy atom. The lowest BCUT2D eigenvalue weighted by Crippen LogP contribution is -2.55. The molecule has 1 aliphatic rings. The number of carbonyl (C=O) groups excluding carboxylic acids is 1. The highest BCUT2D eigenvalue weighted by Crippen LogP contribution is 2.25. The van der Waals surface area contributed by atoms with Crippen molar-refractivity contribution >= 4 is 17.4 Å². The zero-order valence-electron chi connectivity index (χ0n) is 13.5. The van der Waals surface area contributed by atoms with Crippen molar-refractivity contribution in [3.63, 3.8) is 0 Å². The summed E-state index contributed by atoms with van der Waals surface area (Å²) in [5, 5.41) is 3.14. The van der Waals surface area contributed by atoms with Crippen LogP contribution >= 0.6 is 11.3 Å². The van der Waals surface area contributed by atoms with Crippen LogP contribution in [0, 0.1) is 0 Å². The van der Waals surface area contributed by atoms with E-state index in [1.54, 1.807) is 11.3 Å². The monoisotopic (exact) mass is 311 g/mol. The van der Waals surface area contributed by atoms with Crippen molar-refractivity contribution in [2.75, 3.05) is 19.6 Å². The van der Waals surface area contributed by atoms with Crippen molar-refractivity contribution < 1.29 is 9.53 Å². The van der Waals surface area contributed by atoms with E-state index in [2.05, 4.69) is 23.7 Å². The summed E-state index contributed by atoms with van der Waals surface area (Å²) in [7, 11) is 0. The summed E-state index contributed by atoms with van der Waals surface area (Å²) in [6.45, 7) is 12.3. The maximum atomic E-state index is 12.2. The lowest BCUT2D eigenvalue weighted by molar-refractivity contribution is -0.00349. The number of rotatable bonds is 2. The second kappa shape index (κ2) is 6.32. The maximum Gasteiger partial charge on any atom is 0.410 e. The fourth-order valence-corrected chi connectivity index (χ4v) is 3.26. The SMILES string of the molecule is C[C@H](c1nccs1)N1CCN(C(=O)OC(C)(C)C)[C@@H](C)C1. The number of ether oxygens (including phenoxy) is 1. The smallest absolute Gasteiger partial charge is 0.410 e. The third kappa shape index (κ3) is 4.17. The Morgan fingerprint density at radius 2 is 2.19 bits per heavy atom. The van der Waals surface area contributed by atoms with Crippen LogP contribution in [-0.2, 0) is 4.74 Å². The van der Waals surface area contributed by atoms with Gasteiger partial charge < -0.3 is 9.64 Å². The summed E-state index contributed by atoms with van der Waals surface area (Å²) in [4.78, 5) is 20.8. The van der Waals surface area contributed by atoms with Gasteiger partial charge in [0.05, 0.1) is 6.04 Å². The van der Waals surface area contributed by atoms with Crippen LogP contribution in [0.2, 0.25) is 0 Å². The third-order valence-corrected chi connectivity index (χ3v) is 4.59. The largest absolute Gasteiger partial charge is 0.444 e. The second-order valence-corrected chi connectivity index (χ2v) is 7.49. The van der Waals surface area contributed by atoms with Gasteiger partial charge in [-0.15, -0.1) is 11.3 Å². The Hall–Kier alpha value is -1.14. The summed E-state index contributed by atoms with van der Waals surface area (Å²) in [5.74, 6) is 0. The first-order chi connectivity index (χ1) is 9.78. The predicted molar refractivity (Wildman–Crippen MR) is 84.5 cm³/mol. The lowest BCUT2D eigenvalue weighted by atomic mass is 10.1. The van der Waals surface area contributed by atoms with Gasteiger partial charge in [-0.25, -0.2) is 9.78 Å². The predicted octanol–water partition coefficient (Wildman–Crippen LogP) is 3.15. The first-order valence-electron chi connectivity index (χ1n) is 7.41. The quantitative estimate of drug-likeness (QED) is 0.842. The van der Waals surface area contributed by atoms with Crippen molar-refractivity contribution in [1.82, 2.24) is 14.8 Å². The van der Waals surface area contributed by atoms with E-state index in [4.69, 9.17) is 4.74 Å². The van der Waals surface area contributed by atoms with Crippen LogP contribution in [0.15, 0.2) is 11.6 Å². The Morgan fingerprint density at radius 3 is 2.71 bits per heavy atom. The molecule has 0 N–H and O–H groups in total. The van der Waals surface area contributed by atoms with Gasteiger partial charge in [-0.1, -0.05) is 0 Å². The standard InChI is InChI=1S/C15H25N3O2S/c1-11-10-17(12(2)13-16-6-9-21-13)7-8-18(11)14(19)20-15(3,4)5/h6,9,11-12H,7-8,10H2,1-5H3/t11-,12+/m0/s1. The number of hydrogen-bond acceptors (Lipinski definition) is 5. The van der Waals surface area contributed by atoms with Gasteiger partial charge >= 0.3 is 6.09 Å². The first kappa shape index (κ1) is 16.2. The summed E-state index contributed by atoms with van der Waals surface area (Å²) in [5.41, 5.74) is -0.442. The molecule has 0 spiro atoms. The van der Waals surface area contributed by atoms with Crippen LogP contribution in [0.1, 0.15) is 45.7 Å². The van der Waals surface area contributed by atoms with Gasteiger partial charge in [0.15, 0.2) is 0 Å². The van der Waals surface area contributed by atoms with Crippen molar-refractivity contribution in [3.8, 4) is 0 Å². The molecule has 1 aliphatic heterocycles. The summed E-state index contributed by atoms with van der Waals surface area (Å²) < 4.78 is 5.47. The third-order valence-electron chi connectivity index (χ3n) is 3.64. The maximum absolute atomic E-state index is 12.2. The van der Waals surface area contributed by atoms with Gasteiger partial charge in [0.1, 0.15) is 10.6 Å². The molecule has 2 atom stereocenters. The van der Waals surface area contributed by atoms with Crippen LogP contribution in [0.4, 0.5) is 4.79 Å². The number of amides is 1. The second-order valence-electron chi connectivity index (χ2n) is 6.56. The highest BCUT2D eigenvalue weighted by atomic mass is 32.1. The zero-order valence-corrected chi connectivity index (χ0v) is 14.3. The fourth-order valence-electron chi connectivity index (χ4n) is 2.53. The molecule has 0 aromatic carbocycles. The van der Waals surface area contributed by atoms with E-state index < -0.39 is 5.60 Å². The number of carbonyl (C=O) groups is 1. The normalized spacial score (nSPS) is 22.1. The Balaban J connectivity index is 1.94. The molecular weight excluding hydrogens is 286 g/mol. The van der Waals surface area contributed by atoms with Crippen LogP contribution < -0.4 is 0 Å². The minimum absolute atomic E-state index is 0.149. The van der Waals surface area contributed by atoms with Crippen LogP contribution in [0.5, 0.6) is 0 Å². The first-order valence-corrected chi connectivity index (χ1v) is 8.29. The lowest BCUT2D eigenvalue weighted by Gasteiger charge is -2.42. The van der Waals surface area contributed by atoms with Crippen molar-refractivity contribution in [2.24, 2.45) is 0 Å². The van der Waals surface area contributed by atoms with Gasteiger partial charge in [0.2, 0.25) is 0 Å². The van der Waals surface area contributed by atoms with E-state index in [0.717, 1.165) is 18.1 Å². The summed E-state index contributed by atoms with van der Waals surface area (Å²) in [6, 6.07) is 0.448. The Labute approximate surface area is 130 Å². The molecule has 0 unspecified atom stereocenters. The Kier molecular flexibility index (Phi) is 4.88. The van der Waals surface area contributed by atoms with Gasteiger partial charge in [0.25, 0.3) is 0 Å². The molecule has 118 valence electrons.